The molecule has 2 N–H and O–H groups in total. The fourth-order valence-corrected chi connectivity index (χ4v) is 3.86. The molecule has 2 aromatic carbocycles. The van der Waals surface area contributed by atoms with Crippen molar-refractivity contribution in [3.8, 4) is 0 Å². The van der Waals surface area contributed by atoms with Gasteiger partial charge in [-0.3, -0.25) is 14.5 Å². The Hall–Kier alpha value is -2.74. The fourth-order valence-electron chi connectivity index (χ4n) is 2.61. The molecule has 2 aromatic rings. The molecule has 0 aromatic heterocycles. The Kier molecular flexibility index (Phi) is 5.32. The first-order valence-corrected chi connectivity index (χ1v) is 9.62. The molecule has 3 rings (SSSR count). The minimum atomic E-state index is -3.56. The third-order valence-corrected chi connectivity index (χ3v) is 5.32. The number of nitrogens with one attached hydrogen (secondary N) is 2. The van der Waals surface area contributed by atoms with Gasteiger partial charge in [0.25, 0.3) is 10.0 Å². The van der Waals surface area contributed by atoms with Crippen LogP contribution in [0.15, 0.2) is 58.4 Å². The van der Waals surface area contributed by atoms with Crippen LogP contribution in [0.25, 0.3) is 0 Å². The van der Waals surface area contributed by atoms with E-state index in [0.717, 1.165) is 5.56 Å². The van der Waals surface area contributed by atoms with Crippen LogP contribution >= 0.6 is 0 Å². The van der Waals surface area contributed by atoms with Crippen molar-refractivity contribution in [2.24, 2.45) is 4.99 Å². The monoisotopic (exact) mass is 375 g/mol. The number of amides is 1. The first kappa shape index (κ1) is 18.1. The van der Waals surface area contributed by atoms with E-state index in [-0.39, 0.29) is 35.4 Å². The molecule has 1 amide bonds. The summed E-state index contributed by atoms with van der Waals surface area (Å²) in [5.41, 5.74) is 1.45. The molecular weight excluding hydrogens is 357 g/mol. The maximum atomic E-state index is 12.8. The van der Waals surface area contributed by atoms with Crippen molar-refractivity contribution in [2.45, 2.75) is 17.7 Å². The van der Waals surface area contributed by atoms with Gasteiger partial charge >= 0.3 is 0 Å². The number of carbonyl (C=O) groups excluding carboxylic acids is 1. The van der Waals surface area contributed by atoms with Gasteiger partial charge in [0.05, 0.1) is 11.4 Å². The van der Waals surface area contributed by atoms with Crippen LogP contribution in [0.2, 0.25) is 0 Å². The molecule has 1 heterocycles. The summed E-state index contributed by atoms with van der Waals surface area (Å²) in [4.78, 5) is 16.3. The number of amidine groups is 1. The van der Waals surface area contributed by atoms with Gasteiger partial charge in [-0.1, -0.05) is 24.3 Å². The lowest BCUT2D eigenvalue weighted by molar-refractivity contribution is -0.120. The van der Waals surface area contributed by atoms with Crippen LogP contribution in [0, 0.1) is 5.82 Å². The third-order valence-electron chi connectivity index (χ3n) is 3.92. The van der Waals surface area contributed by atoms with E-state index in [0.29, 0.717) is 18.5 Å². The molecule has 0 bridgehead atoms. The number of hydrogen-bond acceptors (Lipinski definition) is 4. The van der Waals surface area contributed by atoms with E-state index in [4.69, 9.17) is 0 Å². The highest BCUT2D eigenvalue weighted by atomic mass is 32.2. The molecule has 1 aliphatic heterocycles. The Morgan fingerprint density at radius 1 is 1.12 bits per heavy atom. The van der Waals surface area contributed by atoms with Gasteiger partial charge in [-0.25, -0.2) is 12.8 Å². The van der Waals surface area contributed by atoms with Crippen molar-refractivity contribution in [3.05, 3.63) is 65.5 Å². The largest absolute Gasteiger partial charge is 0.356 e. The van der Waals surface area contributed by atoms with Gasteiger partial charge in [0.1, 0.15) is 11.7 Å². The van der Waals surface area contributed by atoms with Crippen molar-refractivity contribution in [1.29, 1.82) is 0 Å². The van der Waals surface area contributed by atoms with Gasteiger partial charge < -0.3 is 5.32 Å². The number of carbonyl (C=O) groups is 1. The summed E-state index contributed by atoms with van der Waals surface area (Å²) < 4.78 is 39.1. The first-order chi connectivity index (χ1) is 12.5. The molecule has 0 unspecified atom stereocenters. The van der Waals surface area contributed by atoms with Crippen LogP contribution in [-0.2, 0) is 21.2 Å². The van der Waals surface area contributed by atoms with Crippen molar-refractivity contribution >= 4 is 21.8 Å². The van der Waals surface area contributed by atoms with Crippen LogP contribution in [-0.4, -0.2) is 33.3 Å². The second kappa shape index (κ2) is 7.65. The zero-order chi connectivity index (χ0) is 18.6. The average Bonchev–Trinajstić information content (AvgIpc) is 2.88. The van der Waals surface area contributed by atoms with Crippen LogP contribution < -0.4 is 10.0 Å². The van der Waals surface area contributed by atoms with E-state index < -0.39 is 10.0 Å². The maximum absolute atomic E-state index is 12.8. The van der Waals surface area contributed by atoms with Gasteiger partial charge in [0.2, 0.25) is 5.91 Å². The predicted molar refractivity (Wildman–Crippen MR) is 95.9 cm³/mol. The first-order valence-electron chi connectivity index (χ1n) is 8.13. The molecule has 0 spiro atoms. The Morgan fingerprint density at radius 3 is 2.62 bits per heavy atom. The molecule has 26 heavy (non-hydrogen) atoms. The SMILES string of the molecule is O=C(CCN=C1NS(=O)(=O)c2ccccc21)NCCc1ccc(F)cc1. The fraction of sp³-hybridized carbons (Fsp3) is 0.222. The maximum Gasteiger partial charge on any atom is 0.263 e. The lowest BCUT2D eigenvalue weighted by Crippen LogP contribution is -2.27. The summed E-state index contributed by atoms with van der Waals surface area (Å²) >= 11 is 0. The molecule has 0 fully saturated rings. The normalized spacial score (nSPS) is 16.1. The van der Waals surface area contributed by atoms with Gasteiger partial charge in [0, 0.05) is 18.5 Å². The molecular formula is C18H18FN3O3S. The zero-order valence-corrected chi connectivity index (χ0v) is 14.7. The number of fused-ring (bicyclic) bond motifs is 1. The lowest BCUT2D eigenvalue weighted by atomic mass is 10.1. The Balaban J connectivity index is 1.48. The summed E-state index contributed by atoms with van der Waals surface area (Å²) in [5.74, 6) is -0.202. The van der Waals surface area contributed by atoms with Gasteiger partial charge in [-0.15, -0.1) is 0 Å². The number of aliphatic imine (C=N–C) groups is 1. The Labute approximate surface area is 151 Å². The molecule has 1 aliphatic rings. The Bertz CT molecular complexity index is 940. The average molecular weight is 375 g/mol. The van der Waals surface area contributed by atoms with Crippen molar-refractivity contribution in [1.82, 2.24) is 10.0 Å². The van der Waals surface area contributed by atoms with E-state index >= 15 is 0 Å². The standard InChI is InChI=1S/C18H18FN3O3S/c19-14-7-5-13(6-8-14)9-11-20-17(23)10-12-21-18-15-3-1-2-4-16(15)26(24,25)22-18/h1-8H,9-12H2,(H,20,23)(H,21,22). The zero-order valence-electron chi connectivity index (χ0n) is 13.9. The van der Waals surface area contributed by atoms with E-state index in [1.807, 2.05) is 0 Å². The molecule has 6 nitrogen and oxygen atoms in total. The minimum Gasteiger partial charge on any atom is -0.356 e. The van der Waals surface area contributed by atoms with Crippen molar-refractivity contribution in [3.63, 3.8) is 0 Å². The molecule has 8 heteroatoms. The Morgan fingerprint density at radius 2 is 1.85 bits per heavy atom. The molecule has 0 saturated carbocycles. The topological polar surface area (TPSA) is 87.6 Å². The van der Waals surface area contributed by atoms with Crippen molar-refractivity contribution in [2.75, 3.05) is 13.1 Å². The van der Waals surface area contributed by atoms with E-state index in [9.17, 15) is 17.6 Å². The highest BCUT2D eigenvalue weighted by molar-refractivity contribution is 7.90. The van der Waals surface area contributed by atoms with Crippen LogP contribution in [0.5, 0.6) is 0 Å². The van der Waals surface area contributed by atoms with E-state index in [2.05, 4.69) is 15.0 Å². The van der Waals surface area contributed by atoms with Crippen LogP contribution in [0.4, 0.5) is 4.39 Å². The molecule has 0 saturated heterocycles. The highest BCUT2D eigenvalue weighted by Gasteiger charge is 2.29. The lowest BCUT2D eigenvalue weighted by Gasteiger charge is -2.05. The van der Waals surface area contributed by atoms with E-state index in [1.54, 1.807) is 30.3 Å². The quantitative estimate of drug-likeness (QED) is 0.804. The van der Waals surface area contributed by atoms with Crippen LogP contribution in [0.1, 0.15) is 17.5 Å². The molecule has 136 valence electrons. The molecule has 0 aliphatic carbocycles. The third kappa shape index (κ3) is 4.26. The summed E-state index contributed by atoms with van der Waals surface area (Å²) in [6.45, 7) is 0.616. The number of nitrogens with zero attached hydrogens (tertiary/aromatic N) is 1. The number of rotatable bonds is 6. The summed E-state index contributed by atoms with van der Waals surface area (Å²) in [5, 5.41) is 2.77. The number of sulfonamides is 1. The predicted octanol–water partition coefficient (Wildman–Crippen LogP) is 1.61. The van der Waals surface area contributed by atoms with Crippen LogP contribution in [0.3, 0.4) is 0 Å². The smallest absolute Gasteiger partial charge is 0.263 e. The minimum absolute atomic E-state index is 0.150. The number of benzene rings is 2. The van der Waals surface area contributed by atoms with Gasteiger partial charge in [-0.2, -0.15) is 0 Å². The van der Waals surface area contributed by atoms with Crippen molar-refractivity contribution < 1.29 is 17.6 Å². The number of hydrogen-bond donors (Lipinski definition) is 2. The van der Waals surface area contributed by atoms with Gasteiger partial charge in [-0.05, 0) is 36.2 Å². The highest BCUT2D eigenvalue weighted by Crippen LogP contribution is 2.22. The summed E-state index contributed by atoms with van der Waals surface area (Å²) in [7, 11) is -3.56. The summed E-state index contributed by atoms with van der Waals surface area (Å²) in [6, 6.07) is 12.7. The van der Waals surface area contributed by atoms with E-state index in [1.165, 1.54) is 18.2 Å². The number of halogens is 1. The van der Waals surface area contributed by atoms with Gasteiger partial charge in [0.15, 0.2) is 0 Å². The second-order valence-corrected chi connectivity index (χ2v) is 7.46. The molecule has 0 atom stereocenters. The molecule has 0 radical (unpaired) electrons. The second-order valence-electron chi connectivity index (χ2n) is 5.81. The summed E-state index contributed by atoms with van der Waals surface area (Å²) in [6.07, 6.45) is 0.754.